The minimum atomic E-state index is -0.899. The third-order valence-corrected chi connectivity index (χ3v) is 4.50. The molecule has 1 N–H and O–H groups in total. The summed E-state index contributed by atoms with van der Waals surface area (Å²) in [6.45, 7) is 4.47. The maximum atomic E-state index is 11.3. The highest BCUT2D eigenvalue weighted by Crippen LogP contribution is 2.32. The summed E-state index contributed by atoms with van der Waals surface area (Å²) >= 11 is 1.20. The maximum Gasteiger partial charge on any atom is 0.347 e. The monoisotopic (exact) mass is 316 g/mol. The van der Waals surface area contributed by atoms with E-state index in [4.69, 9.17) is 4.74 Å². The van der Waals surface area contributed by atoms with E-state index in [2.05, 4.69) is 4.98 Å². The Morgan fingerprint density at radius 1 is 1.36 bits per heavy atom. The van der Waals surface area contributed by atoms with Gasteiger partial charge in [-0.2, -0.15) is 0 Å². The van der Waals surface area contributed by atoms with Gasteiger partial charge in [0, 0.05) is 17.5 Å². The second-order valence-electron chi connectivity index (χ2n) is 4.74. The number of carboxylic acid groups (broad SMARTS) is 1. The van der Waals surface area contributed by atoms with Crippen molar-refractivity contribution in [3.05, 3.63) is 41.0 Å². The number of nitrogens with zero attached hydrogens (tertiary/aromatic N) is 2. The zero-order valence-corrected chi connectivity index (χ0v) is 13.2. The molecular weight excluding hydrogens is 300 g/mol. The highest BCUT2D eigenvalue weighted by atomic mass is 32.1. The Balaban J connectivity index is 2.14. The van der Waals surface area contributed by atoms with Crippen molar-refractivity contribution in [1.82, 2.24) is 9.38 Å². The molecule has 114 valence electrons. The predicted octanol–water partition coefficient (Wildman–Crippen LogP) is 3.72. The molecule has 0 fully saturated rings. The van der Waals surface area contributed by atoms with Gasteiger partial charge in [0.25, 0.3) is 0 Å². The van der Waals surface area contributed by atoms with Crippen molar-refractivity contribution in [2.24, 2.45) is 0 Å². The number of rotatable bonds is 5. The molecule has 0 amide bonds. The average Bonchev–Trinajstić information content (AvgIpc) is 3.05. The average molecular weight is 316 g/mol. The molecule has 0 saturated carbocycles. The molecule has 0 radical (unpaired) electrons. The second kappa shape index (κ2) is 5.81. The first kappa shape index (κ1) is 14.6. The van der Waals surface area contributed by atoms with Gasteiger partial charge in [-0.15, -0.1) is 0 Å². The first-order valence-corrected chi connectivity index (χ1v) is 7.93. The van der Waals surface area contributed by atoms with E-state index in [0.717, 1.165) is 22.7 Å². The van der Waals surface area contributed by atoms with E-state index in [1.54, 1.807) is 0 Å². The molecule has 0 saturated heterocycles. The number of imidazole rings is 1. The van der Waals surface area contributed by atoms with Gasteiger partial charge in [-0.25, -0.2) is 9.78 Å². The zero-order chi connectivity index (χ0) is 15.7. The number of ether oxygens (including phenoxy) is 1. The van der Waals surface area contributed by atoms with Crippen LogP contribution in [0.15, 0.2) is 30.5 Å². The van der Waals surface area contributed by atoms with Gasteiger partial charge in [-0.1, -0.05) is 30.4 Å². The molecule has 6 heteroatoms. The summed E-state index contributed by atoms with van der Waals surface area (Å²) in [4.78, 5) is 16.9. The Bertz CT molecular complexity index is 835. The third kappa shape index (κ3) is 2.35. The van der Waals surface area contributed by atoms with Crippen LogP contribution in [0, 0.1) is 0 Å². The number of benzene rings is 1. The molecule has 2 heterocycles. The van der Waals surface area contributed by atoms with E-state index >= 15 is 0 Å². The molecule has 0 spiro atoms. The number of carboxylic acids is 1. The summed E-state index contributed by atoms with van der Waals surface area (Å²) < 4.78 is 7.51. The summed E-state index contributed by atoms with van der Waals surface area (Å²) in [5.74, 6) is -0.115. The smallest absolute Gasteiger partial charge is 0.347 e. The first-order chi connectivity index (χ1) is 10.7. The number of aryl methyl sites for hydroxylation is 1. The summed E-state index contributed by atoms with van der Waals surface area (Å²) in [6, 6.07) is 7.73. The van der Waals surface area contributed by atoms with E-state index in [-0.39, 0.29) is 0 Å². The SMILES string of the molecule is CCOc1ccccc1-c1cn2c(CC)c(C(=O)O)sc2n1. The molecule has 0 aliphatic rings. The number of hydrogen-bond acceptors (Lipinski definition) is 4. The van der Waals surface area contributed by atoms with Crippen LogP contribution in [0.3, 0.4) is 0 Å². The molecule has 3 rings (SSSR count). The predicted molar refractivity (Wildman–Crippen MR) is 86.0 cm³/mol. The van der Waals surface area contributed by atoms with Gasteiger partial charge < -0.3 is 9.84 Å². The Morgan fingerprint density at radius 2 is 2.14 bits per heavy atom. The van der Waals surface area contributed by atoms with Crippen molar-refractivity contribution >= 4 is 22.3 Å². The van der Waals surface area contributed by atoms with Crippen molar-refractivity contribution < 1.29 is 14.6 Å². The van der Waals surface area contributed by atoms with E-state index < -0.39 is 5.97 Å². The molecule has 2 aromatic heterocycles. The van der Waals surface area contributed by atoms with Crippen LogP contribution in [-0.2, 0) is 6.42 Å². The number of aromatic nitrogens is 2. The van der Waals surface area contributed by atoms with Gasteiger partial charge in [0.15, 0.2) is 4.96 Å². The standard InChI is InChI=1S/C16H16N2O3S/c1-3-12-14(15(19)20)22-16-17-11(9-18(12)16)10-7-5-6-8-13(10)21-4-2/h5-9H,3-4H2,1-2H3,(H,19,20). The number of para-hydroxylation sites is 1. The third-order valence-electron chi connectivity index (χ3n) is 3.41. The number of aromatic carboxylic acids is 1. The zero-order valence-electron chi connectivity index (χ0n) is 12.4. The highest BCUT2D eigenvalue weighted by molar-refractivity contribution is 7.19. The summed E-state index contributed by atoms with van der Waals surface area (Å²) in [5, 5.41) is 9.27. The van der Waals surface area contributed by atoms with Crippen LogP contribution in [0.5, 0.6) is 5.75 Å². The van der Waals surface area contributed by atoms with Gasteiger partial charge >= 0.3 is 5.97 Å². The number of thiazole rings is 1. The molecule has 0 aliphatic carbocycles. The van der Waals surface area contributed by atoms with Crippen LogP contribution < -0.4 is 4.74 Å². The Labute approximate surface area is 131 Å². The van der Waals surface area contributed by atoms with Crippen LogP contribution in [0.1, 0.15) is 29.2 Å². The number of carbonyl (C=O) groups is 1. The maximum absolute atomic E-state index is 11.3. The lowest BCUT2D eigenvalue weighted by molar-refractivity contribution is 0.0700. The van der Waals surface area contributed by atoms with Crippen molar-refractivity contribution in [2.75, 3.05) is 6.61 Å². The minimum absolute atomic E-state index is 0.356. The summed E-state index contributed by atoms with van der Waals surface area (Å²) in [6.07, 6.45) is 2.53. The van der Waals surface area contributed by atoms with Crippen molar-refractivity contribution in [3.8, 4) is 17.0 Å². The van der Waals surface area contributed by atoms with Crippen LogP contribution in [-0.4, -0.2) is 27.1 Å². The fourth-order valence-corrected chi connectivity index (χ4v) is 3.51. The van der Waals surface area contributed by atoms with Gasteiger partial charge in [-0.05, 0) is 25.5 Å². The van der Waals surface area contributed by atoms with E-state index in [9.17, 15) is 9.90 Å². The fourth-order valence-electron chi connectivity index (χ4n) is 2.48. The quantitative estimate of drug-likeness (QED) is 0.779. The lowest BCUT2D eigenvalue weighted by Crippen LogP contribution is -1.99. The topological polar surface area (TPSA) is 63.8 Å². The minimum Gasteiger partial charge on any atom is -0.493 e. The molecular formula is C16H16N2O3S. The van der Waals surface area contributed by atoms with Crippen LogP contribution in [0.4, 0.5) is 0 Å². The van der Waals surface area contributed by atoms with E-state index in [1.807, 2.05) is 48.7 Å². The van der Waals surface area contributed by atoms with Crippen molar-refractivity contribution in [2.45, 2.75) is 20.3 Å². The lowest BCUT2D eigenvalue weighted by atomic mass is 10.1. The normalized spacial score (nSPS) is 11.0. The van der Waals surface area contributed by atoms with Crippen molar-refractivity contribution in [1.29, 1.82) is 0 Å². The van der Waals surface area contributed by atoms with Crippen LogP contribution in [0.25, 0.3) is 16.2 Å². The molecule has 3 aromatic rings. The summed E-state index contributed by atoms with van der Waals surface area (Å²) in [5.41, 5.74) is 2.49. The molecule has 1 aromatic carbocycles. The molecule has 0 unspecified atom stereocenters. The Morgan fingerprint density at radius 3 is 2.82 bits per heavy atom. The lowest BCUT2D eigenvalue weighted by Gasteiger charge is -2.07. The van der Waals surface area contributed by atoms with Gasteiger partial charge in [0.05, 0.1) is 12.3 Å². The van der Waals surface area contributed by atoms with Gasteiger partial charge in [-0.3, -0.25) is 4.40 Å². The highest BCUT2D eigenvalue weighted by Gasteiger charge is 2.19. The molecule has 0 atom stereocenters. The molecule has 22 heavy (non-hydrogen) atoms. The van der Waals surface area contributed by atoms with Crippen LogP contribution >= 0.6 is 11.3 Å². The molecule has 5 nitrogen and oxygen atoms in total. The van der Waals surface area contributed by atoms with Gasteiger partial charge in [0.1, 0.15) is 10.6 Å². The molecule has 0 aliphatic heterocycles. The van der Waals surface area contributed by atoms with Gasteiger partial charge in [0.2, 0.25) is 0 Å². The number of hydrogen-bond donors (Lipinski definition) is 1. The Hall–Kier alpha value is -2.34. The van der Waals surface area contributed by atoms with E-state index in [1.165, 1.54) is 11.3 Å². The largest absolute Gasteiger partial charge is 0.493 e. The molecule has 0 bridgehead atoms. The van der Waals surface area contributed by atoms with E-state index in [0.29, 0.717) is 22.9 Å². The second-order valence-corrected chi connectivity index (χ2v) is 5.72. The number of fused-ring (bicyclic) bond motifs is 1. The Kier molecular flexibility index (Phi) is 3.85. The summed E-state index contributed by atoms with van der Waals surface area (Å²) in [7, 11) is 0. The fraction of sp³-hybridized carbons (Fsp3) is 0.250. The van der Waals surface area contributed by atoms with Crippen molar-refractivity contribution in [3.63, 3.8) is 0 Å². The van der Waals surface area contributed by atoms with Crippen LogP contribution in [0.2, 0.25) is 0 Å². The first-order valence-electron chi connectivity index (χ1n) is 7.12.